The Labute approximate surface area is 95.8 Å². The highest BCUT2D eigenvalue weighted by molar-refractivity contribution is 9.10. The van der Waals surface area contributed by atoms with Gasteiger partial charge in [0.1, 0.15) is 4.88 Å². The van der Waals surface area contributed by atoms with Crippen LogP contribution in [0.15, 0.2) is 15.9 Å². The third kappa shape index (κ3) is 2.86. The summed E-state index contributed by atoms with van der Waals surface area (Å²) in [5.41, 5.74) is 0. The fourth-order valence-corrected chi connectivity index (χ4v) is 2.43. The van der Waals surface area contributed by atoms with Crippen LogP contribution in [0.2, 0.25) is 0 Å². The van der Waals surface area contributed by atoms with Gasteiger partial charge in [-0.15, -0.1) is 23.7 Å². The molecule has 1 atom stereocenters. The number of hydrogen-bond donors (Lipinski definition) is 1. The second-order valence-electron chi connectivity index (χ2n) is 2.88. The Bertz CT molecular complexity index is 366. The van der Waals surface area contributed by atoms with Crippen molar-refractivity contribution in [1.29, 1.82) is 0 Å². The van der Waals surface area contributed by atoms with Crippen molar-refractivity contribution >= 4 is 33.2 Å². The molecule has 4 heteroatoms. The Morgan fingerprint density at radius 1 is 1.86 bits per heavy atom. The van der Waals surface area contributed by atoms with E-state index in [9.17, 15) is 4.79 Å². The highest BCUT2D eigenvalue weighted by Gasteiger charge is 2.13. The van der Waals surface area contributed by atoms with E-state index in [0.29, 0.717) is 11.3 Å². The zero-order valence-electron chi connectivity index (χ0n) is 7.71. The van der Waals surface area contributed by atoms with Crippen LogP contribution in [-0.4, -0.2) is 11.9 Å². The molecule has 1 heterocycles. The SMILES string of the molecule is C#CCC(C)NC(=O)c1sccc1Br. The molecule has 1 rings (SSSR count). The van der Waals surface area contributed by atoms with Gasteiger partial charge >= 0.3 is 0 Å². The minimum Gasteiger partial charge on any atom is -0.348 e. The Hall–Kier alpha value is -0.790. The topological polar surface area (TPSA) is 29.1 Å². The van der Waals surface area contributed by atoms with Gasteiger partial charge in [-0.2, -0.15) is 0 Å². The van der Waals surface area contributed by atoms with Crippen LogP contribution in [0.25, 0.3) is 0 Å². The Balaban J connectivity index is 2.60. The summed E-state index contributed by atoms with van der Waals surface area (Å²) in [5, 5.41) is 4.69. The summed E-state index contributed by atoms with van der Waals surface area (Å²) in [5.74, 6) is 2.44. The van der Waals surface area contributed by atoms with Gasteiger partial charge in [-0.25, -0.2) is 0 Å². The first-order valence-corrected chi connectivity index (χ1v) is 5.79. The largest absolute Gasteiger partial charge is 0.348 e. The number of nitrogens with one attached hydrogen (secondary N) is 1. The first-order valence-electron chi connectivity index (χ1n) is 4.12. The molecule has 1 unspecified atom stereocenters. The molecule has 0 aliphatic rings. The van der Waals surface area contributed by atoms with E-state index >= 15 is 0 Å². The predicted molar refractivity (Wildman–Crippen MR) is 62.4 cm³/mol. The fraction of sp³-hybridized carbons (Fsp3) is 0.300. The molecule has 0 aromatic carbocycles. The highest BCUT2D eigenvalue weighted by atomic mass is 79.9. The van der Waals surface area contributed by atoms with Crippen LogP contribution in [0.4, 0.5) is 0 Å². The molecule has 0 saturated heterocycles. The van der Waals surface area contributed by atoms with Crippen molar-refractivity contribution in [3.05, 3.63) is 20.8 Å². The standard InChI is InChI=1S/C10H10BrNOS/c1-3-4-7(2)12-10(13)9-8(11)5-6-14-9/h1,5-7H,4H2,2H3,(H,12,13). The van der Waals surface area contributed by atoms with Crippen LogP contribution in [0.1, 0.15) is 23.0 Å². The Kier molecular flexibility index (Phi) is 4.18. The summed E-state index contributed by atoms with van der Waals surface area (Å²) in [6.07, 6.45) is 5.70. The van der Waals surface area contributed by atoms with E-state index in [0.717, 1.165) is 4.47 Å². The molecule has 14 heavy (non-hydrogen) atoms. The maximum atomic E-state index is 11.6. The van der Waals surface area contributed by atoms with E-state index in [1.54, 1.807) is 0 Å². The van der Waals surface area contributed by atoms with Crippen molar-refractivity contribution in [3.8, 4) is 12.3 Å². The number of halogens is 1. The van der Waals surface area contributed by atoms with Gasteiger partial charge in [-0.1, -0.05) is 0 Å². The smallest absolute Gasteiger partial charge is 0.262 e. The number of carbonyl (C=O) groups is 1. The van der Waals surface area contributed by atoms with Crippen molar-refractivity contribution in [3.63, 3.8) is 0 Å². The molecule has 0 fully saturated rings. The number of terminal acetylenes is 1. The number of hydrogen-bond acceptors (Lipinski definition) is 2. The number of amides is 1. The van der Waals surface area contributed by atoms with Crippen molar-refractivity contribution in [1.82, 2.24) is 5.32 Å². The highest BCUT2D eigenvalue weighted by Crippen LogP contribution is 2.22. The van der Waals surface area contributed by atoms with Crippen LogP contribution in [0.3, 0.4) is 0 Å². The van der Waals surface area contributed by atoms with Gasteiger partial charge in [0, 0.05) is 16.9 Å². The third-order valence-electron chi connectivity index (χ3n) is 1.62. The van der Waals surface area contributed by atoms with Crippen LogP contribution >= 0.6 is 27.3 Å². The van der Waals surface area contributed by atoms with Crippen LogP contribution in [0.5, 0.6) is 0 Å². The third-order valence-corrected chi connectivity index (χ3v) is 3.46. The summed E-state index contributed by atoms with van der Waals surface area (Å²) >= 11 is 4.71. The second kappa shape index (κ2) is 5.18. The molecule has 2 nitrogen and oxygen atoms in total. The van der Waals surface area contributed by atoms with E-state index in [1.807, 2.05) is 18.4 Å². The number of carbonyl (C=O) groups excluding carboxylic acids is 1. The van der Waals surface area contributed by atoms with Crippen molar-refractivity contribution in [2.75, 3.05) is 0 Å². The van der Waals surface area contributed by atoms with Crippen molar-refractivity contribution < 1.29 is 4.79 Å². The molecule has 74 valence electrons. The summed E-state index contributed by atoms with van der Waals surface area (Å²) in [7, 11) is 0. The number of thiophene rings is 1. The molecular weight excluding hydrogens is 262 g/mol. The molecule has 0 bridgehead atoms. The summed E-state index contributed by atoms with van der Waals surface area (Å²) in [6, 6.07) is 1.87. The van der Waals surface area contributed by atoms with Crippen molar-refractivity contribution in [2.24, 2.45) is 0 Å². The molecular formula is C10H10BrNOS. The normalized spacial score (nSPS) is 11.8. The van der Waals surface area contributed by atoms with Gasteiger partial charge in [0.05, 0.1) is 0 Å². The molecule has 1 aromatic heterocycles. The minimum atomic E-state index is -0.0744. The quantitative estimate of drug-likeness (QED) is 0.842. The maximum absolute atomic E-state index is 11.6. The van der Waals surface area contributed by atoms with E-state index in [2.05, 4.69) is 27.2 Å². The van der Waals surface area contributed by atoms with Gasteiger partial charge in [0.25, 0.3) is 5.91 Å². The Morgan fingerprint density at radius 2 is 2.57 bits per heavy atom. The first kappa shape index (κ1) is 11.3. The number of rotatable bonds is 3. The van der Waals surface area contributed by atoms with E-state index < -0.39 is 0 Å². The lowest BCUT2D eigenvalue weighted by atomic mass is 10.2. The lowest BCUT2D eigenvalue weighted by Gasteiger charge is -2.09. The molecule has 0 saturated carbocycles. The van der Waals surface area contributed by atoms with Crippen LogP contribution < -0.4 is 5.32 Å². The molecule has 1 amide bonds. The van der Waals surface area contributed by atoms with E-state index in [4.69, 9.17) is 6.42 Å². The summed E-state index contributed by atoms with van der Waals surface area (Å²) < 4.78 is 0.827. The van der Waals surface area contributed by atoms with Gasteiger partial charge in [-0.05, 0) is 34.3 Å². The minimum absolute atomic E-state index is 0.0153. The van der Waals surface area contributed by atoms with Gasteiger partial charge in [-0.3, -0.25) is 4.79 Å². The van der Waals surface area contributed by atoms with E-state index in [1.165, 1.54) is 11.3 Å². The summed E-state index contributed by atoms with van der Waals surface area (Å²) in [4.78, 5) is 12.3. The lowest BCUT2D eigenvalue weighted by Crippen LogP contribution is -2.31. The summed E-state index contributed by atoms with van der Waals surface area (Å²) in [6.45, 7) is 1.89. The van der Waals surface area contributed by atoms with Gasteiger partial charge < -0.3 is 5.32 Å². The molecule has 0 aliphatic carbocycles. The molecule has 0 aliphatic heterocycles. The average Bonchev–Trinajstić information content (AvgIpc) is 2.51. The molecule has 0 spiro atoms. The molecule has 1 aromatic rings. The predicted octanol–water partition coefficient (Wildman–Crippen LogP) is 2.65. The van der Waals surface area contributed by atoms with Crippen molar-refractivity contribution in [2.45, 2.75) is 19.4 Å². The van der Waals surface area contributed by atoms with Crippen LogP contribution in [-0.2, 0) is 0 Å². The molecule has 0 radical (unpaired) electrons. The van der Waals surface area contributed by atoms with Gasteiger partial charge in [0.2, 0.25) is 0 Å². The second-order valence-corrected chi connectivity index (χ2v) is 4.65. The lowest BCUT2D eigenvalue weighted by molar-refractivity contribution is 0.0944. The van der Waals surface area contributed by atoms with Gasteiger partial charge in [0.15, 0.2) is 0 Å². The van der Waals surface area contributed by atoms with E-state index in [-0.39, 0.29) is 11.9 Å². The monoisotopic (exact) mass is 271 g/mol. The van der Waals surface area contributed by atoms with Crippen LogP contribution in [0, 0.1) is 12.3 Å². The molecule has 1 N–H and O–H groups in total. The first-order chi connectivity index (χ1) is 6.65. The average molecular weight is 272 g/mol. The fourth-order valence-electron chi connectivity index (χ4n) is 0.973. The Morgan fingerprint density at radius 3 is 3.07 bits per heavy atom. The zero-order chi connectivity index (χ0) is 10.6. The zero-order valence-corrected chi connectivity index (χ0v) is 10.1. The maximum Gasteiger partial charge on any atom is 0.262 e.